The minimum absolute atomic E-state index is 0. The molecule has 0 atom stereocenters. The van der Waals surface area contributed by atoms with E-state index in [1.807, 2.05) is 25.1 Å². The number of amides is 1. The largest absolute Gasteiger partial charge is 2.00 e. The van der Waals surface area contributed by atoms with Crippen molar-refractivity contribution in [1.82, 2.24) is 0 Å². The molecule has 2 aromatic rings. The molecule has 0 unspecified atom stereocenters. The van der Waals surface area contributed by atoms with E-state index >= 15 is 0 Å². The van der Waals surface area contributed by atoms with Crippen molar-refractivity contribution >= 4 is 17.9 Å². The zero-order valence-electron chi connectivity index (χ0n) is 23.7. The molecule has 4 nitrogen and oxygen atoms in total. The second-order valence-electron chi connectivity index (χ2n) is 10.1. The van der Waals surface area contributed by atoms with E-state index in [1.165, 1.54) is 68.4 Å². The normalized spacial score (nSPS) is 18.4. The zero-order valence-corrected chi connectivity index (χ0v) is 27.9. The first-order chi connectivity index (χ1) is 17.4. The van der Waals surface area contributed by atoms with Crippen LogP contribution in [0.3, 0.4) is 0 Å². The molecule has 2 aliphatic rings. The Morgan fingerprint density at radius 3 is 2.19 bits per heavy atom. The molecule has 0 heterocycles. The second kappa shape index (κ2) is 17.9. The van der Waals surface area contributed by atoms with Gasteiger partial charge in [0.05, 0.1) is 7.11 Å². The molecule has 0 aliphatic heterocycles. The van der Waals surface area contributed by atoms with Crippen molar-refractivity contribution in [3.63, 3.8) is 0 Å². The monoisotopic (exact) mass is 729 g/mol. The molecule has 2 fully saturated rings. The molecule has 200 valence electrons. The number of hydrogen-bond donors (Lipinski definition) is 1. The maximum absolute atomic E-state index is 12.3. The summed E-state index contributed by atoms with van der Waals surface area (Å²) in [6, 6.07) is 13.8. The molecule has 2 aromatic carbocycles. The SMILES string of the molecule is CCC1CCC(C(=O)Nc2ccc(C)c(OC)c2)CC1.CCc1[c-]cc(C2CCC2)cc1C.C[C-]=O.[U+2]. The number of ether oxygens (including phenoxy) is 1. The van der Waals surface area contributed by atoms with E-state index in [-0.39, 0.29) is 42.9 Å². The summed E-state index contributed by atoms with van der Waals surface area (Å²) in [5.41, 5.74) is 6.22. The number of rotatable bonds is 6. The maximum Gasteiger partial charge on any atom is 2.00 e. The summed E-state index contributed by atoms with van der Waals surface area (Å²) >= 11 is 0. The number of benzene rings is 2. The van der Waals surface area contributed by atoms with E-state index in [0.29, 0.717) is 0 Å². The smallest absolute Gasteiger partial charge is 0.542 e. The van der Waals surface area contributed by atoms with Gasteiger partial charge in [-0.15, -0.1) is 0 Å². The molecule has 5 heteroatoms. The summed E-state index contributed by atoms with van der Waals surface area (Å²) in [7, 11) is 1.65. The third-order valence-corrected chi connectivity index (χ3v) is 7.67. The van der Waals surface area contributed by atoms with Crippen LogP contribution in [0.5, 0.6) is 5.75 Å². The van der Waals surface area contributed by atoms with Crippen LogP contribution in [0, 0.1) is 62.9 Å². The number of aryl methyl sites for hydroxylation is 3. The minimum Gasteiger partial charge on any atom is -0.542 e. The van der Waals surface area contributed by atoms with Gasteiger partial charge in [0.25, 0.3) is 0 Å². The predicted octanol–water partition coefficient (Wildman–Crippen LogP) is 7.90. The molecule has 4 rings (SSSR count). The van der Waals surface area contributed by atoms with Gasteiger partial charge >= 0.3 is 31.1 Å². The molecule has 0 spiro atoms. The van der Waals surface area contributed by atoms with Crippen LogP contribution in [0.1, 0.15) is 100 Å². The zero-order chi connectivity index (χ0) is 26.5. The van der Waals surface area contributed by atoms with E-state index in [2.05, 4.69) is 44.3 Å². The molecule has 37 heavy (non-hydrogen) atoms. The minimum atomic E-state index is 0. The van der Waals surface area contributed by atoms with Crippen LogP contribution in [-0.2, 0) is 16.0 Å². The van der Waals surface area contributed by atoms with Gasteiger partial charge in [-0.25, -0.2) is 0 Å². The Hall–Kier alpha value is -1.57. The average molecular weight is 730 g/mol. The standard InChI is InChI=1S/C17H25NO2.C13H17.C2H3O.U/c1-4-13-6-8-14(9-7-13)17(19)18-15-10-5-12(2)16(11-15)20-3;1-3-11-7-8-13(9-10(11)2)12-5-4-6-12;1-2-3;/h5,10-11,13-14H,4,6-9H2,1-3H3,(H,18,19);8-9,12H,3-6H2,1-2H3;1H3;/q;2*-1;+2. The van der Waals surface area contributed by atoms with Gasteiger partial charge in [0.1, 0.15) is 5.75 Å². The van der Waals surface area contributed by atoms with E-state index in [0.717, 1.165) is 48.1 Å². The molecule has 0 saturated heterocycles. The first-order valence-electron chi connectivity index (χ1n) is 13.6. The van der Waals surface area contributed by atoms with E-state index in [4.69, 9.17) is 9.53 Å². The Bertz CT molecular complexity index is 963. The number of nitrogens with one attached hydrogen (secondary N) is 1. The van der Waals surface area contributed by atoms with Gasteiger partial charge in [-0.05, 0) is 50.2 Å². The van der Waals surface area contributed by atoms with Crippen molar-refractivity contribution in [3.8, 4) is 5.75 Å². The quantitative estimate of drug-likeness (QED) is 0.308. The summed E-state index contributed by atoms with van der Waals surface area (Å²) in [6.45, 7) is 9.96. The number of methoxy groups -OCH3 is 1. The van der Waals surface area contributed by atoms with Crippen molar-refractivity contribution in [3.05, 3.63) is 58.7 Å². The summed E-state index contributed by atoms with van der Waals surface area (Å²) < 4.78 is 5.29. The second-order valence-corrected chi connectivity index (χ2v) is 10.1. The molecule has 2 saturated carbocycles. The number of carbonyl (C=O) groups excluding carboxylic acids is 2. The topological polar surface area (TPSA) is 55.4 Å². The molecule has 1 N–H and O–H groups in total. The van der Waals surface area contributed by atoms with Gasteiger partial charge in [-0.1, -0.05) is 64.9 Å². The third kappa shape index (κ3) is 10.6. The molecule has 0 bridgehead atoms. The number of hydrogen-bond acceptors (Lipinski definition) is 3. The molecular weight excluding hydrogens is 684 g/mol. The molecular formula is C32H45NO3U. The Morgan fingerprint density at radius 2 is 1.70 bits per heavy atom. The summed E-state index contributed by atoms with van der Waals surface area (Å²) in [4.78, 5) is 21.0. The van der Waals surface area contributed by atoms with Crippen molar-refractivity contribution in [2.24, 2.45) is 11.8 Å². The molecule has 2 aliphatic carbocycles. The maximum atomic E-state index is 12.3. The first kappa shape index (κ1) is 33.5. The Kier molecular flexibility index (Phi) is 16.1. The van der Waals surface area contributed by atoms with E-state index in [1.54, 1.807) is 7.11 Å². The van der Waals surface area contributed by atoms with Crippen LogP contribution in [0.2, 0.25) is 0 Å². The predicted molar refractivity (Wildman–Crippen MR) is 149 cm³/mol. The van der Waals surface area contributed by atoms with Crippen molar-refractivity contribution in [1.29, 1.82) is 0 Å². The van der Waals surface area contributed by atoms with Gasteiger partial charge < -0.3 is 14.8 Å². The summed E-state index contributed by atoms with van der Waals surface area (Å²) in [5.74, 6) is 2.81. The van der Waals surface area contributed by atoms with Crippen LogP contribution < -0.4 is 10.1 Å². The Labute approximate surface area is 249 Å². The molecule has 1 amide bonds. The van der Waals surface area contributed by atoms with Crippen LogP contribution in [0.25, 0.3) is 0 Å². The fourth-order valence-corrected chi connectivity index (χ4v) is 5.00. The van der Waals surface area contributed by atoms with Crippen LogP contribution in [0.15, 0.2) is 30.3 Å². The van der Waals surface area contributed by atoms with Crippen LogP contribution >= 0.6 is 0 Å². The van der Waals surface area contributed by atoms with E-state index < -0.39 is 0 Å². The van der Waals surface area contributed by atoms with Gasteiger partial charge in [-0.2, -0.15) is 41.8 Å². The van der Waals surface area contributed by atoms with Crippen molar-refractivity contribution in [2.75, 3.05) is 12.4 Å². The first-order valence-corrected chi connectivity index (χ1v) is 13.6. The number of anilines is 1. The van der Waals surface area contributed by atoms with Gasteiger partial charge in [-0.3, -0.25) is 11.1 Å². The van der Waals surface area contributed by atoms with E-state index in [9.17, 15) is 4.79 Å². The fourth-order valence-electron chi connectivity index (χ4n) is 5.00. The summed E-state index contributed by atoms with van der Waals surface area (Å²) in [5, 5.41) is 3.03. The fraction of sp³-hybridized carbons (Fsp3) is 0.562. The van der Waals surface area contributed by atoms with Gasteiger partial charge in [0.2, 0.25) is 5.91 Å². The Morgan fingerprint density at radius 1 is 1.05 bits per heavy atom. The van der Waals surface area contributed by atoms with Gasteiger partial charge in [0, 0.05) is 17.7 Å². The van der Waals surface area contributed by atoms with Crippen molar-refractivity contribution < 1.29 is 45.4 Å². The van der Waals surface area contributed by atoms with Crippen LogP contribution in [-0.4, -0.2) is 19.3 Å². The molecule has 0 radical (unpaired) electrons. The van der Waals surface area contributed by atoms with Gasteiger partial charge in [0.15, 0.2) is 0 Å². The van der Waals surface area contributed by atoms with Crippen molar-refractivity contribution in [2.45, 2.75) is 98.3 Å². The Balaban J connectivity index is 0.000000347. The molecule has 0 aromatic heterocycles. The van der Waals surface area contributed by atoms with Crippen LogP contribution in [0.4, 0.5) is 5.69 Å². The average Bonchev–Trinajstić information content (AvgIpc) is 2.85. The number of carbonyl (C=O) groups is 1. The summed E-state index contributed by atoms with van der Waals surface area (Å²) in [6.07, 6.45) is 12.5. The third-order valence-electron chi connectivity index (χ3n) is 7.67.